The van der Waals surface area contributed by atoms with Crippen LogP contribution < -0.4 is 4.72 Å². The number of anilines is 1. The molecule has 1 heterocycles. The number of unbranched alkanes of at least 4 members (excludes halogenated alkanes) is 2. The molecule has 0 saturated heterocycles. The number of nitrogens with zero attached hydrogens (tertiary/aromatic N) is 2. The molecule has 0 atom stereocenters. The first kappa shape index (κ1) is 19.5. The fourth-order valence-electron chi connectivity index (χ4n) is 2.54. The first-order valence-corrected chi connectivity index (χ1v) is 10.3. The molecule has 5 nitrogen and oxygen atoms in total. The van der Waals surface area contributed by atoms with Gasteiger partial charge in [0.15, 0.2) is 0 Å². The molecule has 0 aliphatic heterocycles. The summed E-state index contributed by atoms with van der Waals surface area (Å²) >= 11 is 0. The summed E-state index contributed by atoms with van der Waals surface area (Å²) < 4.78 is 29.5. The maximum Gasteiger partial charge on any atom is 0.263 e. The molecular formula is C19H29N3O2S. The maximum absolute atomic E-state index is 12.6. The lowest BCUT2D eigenvalue weighted by atomic mass is 9.92. The number of nitrogens with one attached hydrogen (secondary N) is 1. The third-order valence-electron chi connectivity index (χ3n) is 4.19. The highest BCUT2D eigenvalue weighted by Crippen LogP contribution is 2.25. The number of aromatic nitrogens is 2. The predicted molar refractivity (Wildman–Crippen MR) is 102 cm³/mol. The van der Waals surface area contributed by atoms with Gasteiger partial charge in [-0.3, -0.25) is 9.40 Å². The van der Waals surface area contributed by atoms with Crippen LogP contribution in [0, 0.1) is 0 Å². The molecule has 0 aliphatic rings. The van der Waals surface area contributed by atoms with Crippen LogP contribution in [-0.2, 0) is 28.9 Å². The van der Waals surface area contributed by atoms with Crippen molar-refractivity contribution >= 4 is 15.8 Å². The number of hydrogen-bond acceptors (Lipinski definition) is 3. The van der Waals surface area contributed by atoms with E-state index >= 15 is 0 Å². The number of sulfonamides is 1. The van der Waals surface area contributed by atoms with Gasteiger partial charge in [-0.05, 0) is 30.5 Å². The van der Waals surface area contributed by atoms with Gasteiger partial charge in [-0.25, -0.2) is 8.42 Å². The molecule has 0 spiro atoms. The van der Waals surface area contributed by atoms with Crippen LogP contribution in [0.15, 0.2) is 35.2 Å². The van der Waals surface area contributed by atoms with Crippen molar-refractivity contribution in [2.75, 3.05) is 4.72 Å². The van der Waals surface area contributed by atoms with Crippen molar-refractivity contribution in [3.05, 3.63) is 41.6 Å². The fraction of sp³-hybridized carbons (Fsp3) is 0.526. The van der Waals surface area contributed by atoms with Crippen molar-refractivity contribution in [2.24, 2.45) is 7.05 Å². The van der Waals surface area contributed by atoms with Crippen molar-refractivity contribution in [1.82, 2.24) is 9.78 Å². The van der Waals surface area contributed by atoms with Gasteiger partial charge in [0.25, 0.3) is 10.0 Å². The summed E-state index contributed by atoms with van der Waals surface area (Å²) in [5, 5.41) is 4.41. The first-order chi connectivity index (χ1) is 11.6. The molecule has 2 aromatic rings. The molecule has 1 aromatic heterocycles. The zero-order chi connectivity index (χ0) is 18.7. The Labute approximate surface area is 151 Å². The van der Waals surface area contributed by atoms with Gasteiger partial charge >= 0.3 is 0 Å². The van der Waals surface area contributed by atoms with E-state index in [9.17, 15) is 8.42 Å². The molecule has 0 bridgehead atoms. The largest absolute Gasteiger partial charge is 0.264 e. The predicted octanol–water partition coefficient (Wildman–Crippen LogP) is 4.25. The molecule has 1 aromatic carbocycles. The summed E-state index contributed by atoms with van der Waals surface area (Å²) in [6.45, 7) is 8.31. The third kappa shape index (κ3) is 5.08. The molecular weight excluding hydrogens is 334 g/mol. The van der Waals surface area contributed by atoms with Crippen molar-refractivity contribution in [3.8, 4) is 0 Å². The van der Waals surface area contributed by atoms with E-state index in [-0.39, 0.29) is 10.3 Å². The molecule has 0 saturated carbocycles. The molecule has 6 heteroatoms. The first-order valence-electron chi connectivity index (χ1n) is 8.80. The lowest BCUT2D eigenvalue weighted by Crippen LogP contribution is -2.15. The second-order valence-corrected chi connectivity index (χ2v) is 9.18. The van der Waals surface area contributed by atoms with E-state index in [1.165, 1.54) is 18.4 Å². The van der Waals surface area contributed by atoms with Gasteiger partial charge in [-0.1, -0.05) is 52.7 Å². The van der Waals surface area contributed by atoms with Crippen molar-refractivity contribution in [2.45, 2.75) is 63.7 Å². The average Bonchev–Trinajstić information content (AvgIpc) is 2.89. The van der Waals surface area contributed by atoms with E-state index in [0.717, 1.165) is 18.5 Å². The van der Waals surface area contributed by atoms with Crippen molar-refractivity contribution < 1.29 is 8.42 Å². The van der Waals surface area contributed by atoms with Crippen LogP contribution in [0.1, 0.15) is 58.2 Å². The Morgan fingerprint density at radius 2 is 1.76 bits per heavy atom. The highest BCUT2D eigenvalue weighted by Gasteiger charge is 2.22. The number of rotatable bonds is 7. The molecule has 0 unspecified atom stereocenters. The van der Waals surface area contributed by atoms with E-state index in [0.29, 0.717) is 5.82 Å². The molecule has 25 heavy (non-hydrogen) atoms. The van der Waals surface area contributed by atoms with Gasteiger partial charge in [0.05, 0.1) is 10.6 Å². The summed E-state index contributed by atoms with van der Waals surface area (Å²) in [6, 6.07) is 8.92. The summed E-state index contributed by atoms with van der Waals surface area (Å²) in [4.78, 5) is 0.269. The molecule has 0 radical (unpaired) electrons. The van der Waals surface area contributed by atoms with E-state index in [4.69, 9.17) is 0 Å². The number of hydrogen-bond donors (Lipinski definition) is 1. The van der Waals surface area contributed by atoms with Crippen molar-refractivity contribution in [3.63, 3.8) is 0 Å². The van der Waals surface area contributed by atoms with Gasteiger partial charge in [0.2, 0.25) is 0 Å². The van der Waals surface area contributed by atoms with Crippen LogP contribution >= 0.6 is 0 Å². The van der Waals surface area contributed by atoms with E-state index in [1.807, 2.05) is 32.9 Å². The van der Waals surface area contributed by atoms with Crippen LogP contribution in [0.2, 0.25) is 0 Å². The van der Waals surface area contributed by atoms with Gasteiger partial charge < -0.3 is 0 Å². The van der Waals surface area contributed by atoms with E-state index in [1.54, 1.807) is 29.9 Å². The quantitative estimate of drug-likeness (QED) is 0.748. The highest BCUT2D eigenvalue weighted by molar-refractivity contribution is 7.92. The van der Waals surface area contributed by atoms with Crippen LogP contribution in [0.5, 0.6) is 0 Å². The lowest BCUT2D eigenvalue weighted by Gasteiger charge is -2.13. The van der Waals surface area contributed by atoms with Crippen molar-refractivity contribution in [1.29, 1.82) is 0 Å². The number of aryl methyl sites for hydroxylation is 2. The average molecular weight is 364 g/mol. The Morgan fingerprint density at radius 3 is 2.28 bits per heavy atom. The summed E-state index contributed by atoms with van der Waals surface area (Å²) in [6.07, 6.45) is 4.49. The van der Waals surface area contributed by atoms with Gasteiger partial charge in [-0.2, -0.15) is 5.10 Å². The molecule has 2 rings (SSSR count). The second-order valence-electron chi connectivity index (χ2n) is 7.49. The molecule has 0 amide bonds. The Hall–Kier alpha value is -1.82. The second kappa shape index (κ2) is 7.60. The number of benzene rings is 1. The smallest absolute Gasteiger partial charge is 0.263 e. The summed E-state index contributed by atoms with van der Waals surface area (Å²) in [5.74, 6) is 0.469. The Kier molecular flexibility index (Phi) is 5.93. The summed E-state index contributed by atoms with van der Waals surface area (Å²) in [5.41, 5.74) is 1.88. The lowest BCUT2D eigenvalue weighted by molar-refractivity contribution is 0.553. The molecule has 0 aliphatic carbocycles. The standard InChI is InChI=1S/C19H29N3O2S/c1-6-7-8-9-15-10-12-16(13-11-15)25(23,24)21-18-14-17(19(2,3)4)20-22(18)5/h10-14,21H,6-9H2,1-5H3. The van der Waals surface area contributed by atoms with E-state index < -0.39 is 10.0 Å². The highest BCUT2D eigenvalue weighted by atomic mass is 32.2. The van der Waals surface area contributed by atoms with Crippen LogP contribution in [0.3, 0.4) is 0 Å². The Morgan fingerprint density at radius 1 is 1.12 bits per heavy atom. The summed E-state index contributed by atoms with van der Waals surface area (Å²) in [7, 11) is -1.88. The topological polar surface area (TPSA) is 64.0 Å². The van der Waals surface area contributed by atoms with Gasteiger partial charge in [-0.15, -0.1) is 0 Å². The fourth-order valence-corrected chi connectivity index (χ4v) is 3.62. The minimum absolute atomic E-state index is 0.137. The third-order valence-corrected chi connectivity index (χ3v) is 5.56. The Balaban J connectivity index is 2.15. The molecule has 1 N–H and O–H groups in total. The maximum atomic E-state index is 12.6. The zero-order valence-corrected chi connectivity index (χ0v) is 16.7. The van der Waals surface area contributed by atoms with Crippen LogP contribution in [0.25, 0.3) is 0 Å². The van der Waals surface area contributed by atoms with E-state index in [2.05, 4.69) is 16.7 Å². The Bertz CT molecular complexity index is 800. The zero-order valence-electron chi connectivity index (χ0n) is 15.8. The minimum atomic E-state index is -3.62. The SMILES string of the molecule is CCCCCc1ccc(S(=O)(=O)Nc2cc(C(C)(C)C)nn2C)cc1. The van der Waals surface area contributed by atoms with Gasteiger partial charge in [0, 0.05) is 18.5 Å². The van der Waals surface area contributed by atoms with Crippen LogP contribution in [-0.4, -0.2) is 18.2 Å². The molecule has 138 valence electrons. The molecule has 0 fully saturated rings. The minimum Gasteiger partial charge on any atom is -0.264 e. The van der Waals surface area contributed by atoms with Gasteiger partial charge in [0.1, 0.15) is 5.82 Å². The van der Waals surface area contributed by atoms with Crippen LogP contribution in [0.4, 0.5) is 5.82 Å². The monoisotopic (exact) mass is 363 g/mol. The normalized spacial score (nSPS) is 12.4.